The van der Waals surface area contributed by atoms with Gasteiger partial charge in [0.1, 0.15) is 17.0 Å². The fourth-order valence-corrected chi connectivity index (χ4v) is 5.90. The molecule has 4 N–H and O–H groups in total. The Morgan fingerprint density at radius 3 is 2.71 bits per heavy atom. The van der Waals surface area contributed by atoms with Crippen molar-refractivity contribution >= 4 is 29.1 Å². The number of azide groups is 1. The molecule has 0 spiro atoms. The van der Waals surface area contributed by atoms with Crippen molar-refractivity contribution in [1.29, 1.82) is 5.26 Å². The molecular weight excluding hydrogens is 577 g/mol. The lowest BCUT2D eigenvalue weighted by molar-refractivity contribution is -0.123. The van der Waals surface area contributed by atoms with Crippen molar-refractivity contribution in [2.45, 2.75) is 62.6 Å². The van der Waals surface area contributed by atoms with Gasteiger partial charge < -0.3 is 20.8 Å². The van der Waals surface area contributed by atoms with E-state index >= 15 is 8.78 Å². The third-order valence-corrected chi connectivity index (χ3v) is 8.14. The molecule has 2 aromatic carbocycles. The van der Waals surface area contributed by atoms with Crippen molar-refractivity contribution < 1.29 is 23.8 Å². The van der Waals surface area contributed by atoms with E-state index in [0.29, 0.717) is 6.42 Å². The van der Waals surface area contributed by atoms with Gasteiger partial charge >= 0.3 is 0 Å². The molecule has 1 aliphatic rings. The van der Waals surface area contributed by atoms with Crippen LogP contribution in [0.3, 0.4) is 0 Å². The van der Waals surface area contributed by atoms with Crippen molar-refractivity contribution in [3.8, 4) is 6.07 Å². The number of hydrogen-bond acceptors (Lipinski definition) is 6. The molecule has 0 saturated carbocycles. The minimum atomic E-state index is -1.82. The van der Waals surface area contributed by atoms with Crippen molar-refractivity contribution in [2.24, 2.45) is 10.5 Å². The lowest BCUT2D eigenvalue weighted by Crippen LogP contribution is -2.46. The van der Waals surface area contributed by atoms with Crippen LogP contribution in [0, 0.1) is 28.4 Å². The number of hydrogen-bond donors (Lipinski definition) is 4. The van der Waals surface area contributed by atoms with Gasteiger partial charge in [0, 0.05) is 40.5 Å². The molecule has 4 unspecified atom stereocenters. The Labute approximate surface area is 247 Å². The van der Waals surface area contributed by atoms with Crippen LogP contribution in [0.1, 0.15) is 50.2 Å². The highest BCUT2D eigenvalue weighted by Gasteiger charge is 2.61. The van der Waals surface area contributed by atoms with Gasteiger partial charge in [0.15, 0.2) is 0 Å². The van der Waals surface area contributed by atoms with Crippen LogP contribution in [0.2, 0.25) is 10.0 Å². The number of carbonyl (C=O) groups excluding carboxylic acids is 1. The molecule has 2 aromatic rings. The molecule has 1 fully saturated rings. The summed E-state index contributed by atoms with van der Waals surface area (Å²) in [5.74, 6) is -3.49. The Morgan fingerprint density at radius 2 is 2.07 bits per heavy atom. The Balaban J connectivity index is 2.23. The van der Waals surface area contributed by atoms with Crippen LogP contribution in [0.25, 0.3) is 10.4 Å². The molecule has 0 aliphatic carbocycles. The van der Waals surface area contributed by atoms with Crippen LogP contribution in [0.15, 0.2) is 41.5 Å². The fourth-order valence-electron chi connectivity index (χ4n) is 5.56. The molecule has 13 heteroatoms. The topological polar surface area (TPSA) is 154 Å². The van der Waals surface area contributed by atoms with Gasteiger partial charge in [-0.25, -0.2) is 8.78 Å². The lowest BCUT2D eigenvalue weighted by Gasteiger charge is -2.38. The maximum atomic E-state index is 15.7. The minimum Gasteiger partial charge on any atom is -0.394 e. The van der Waals surface area contributed by atoms with Crippen molar-refractivity contribution in [2.75, 3.05) is 19.7 Å². The Bertz CT molecular complexity index is 1350. The molecule has 0 radical (unpaired) electrons. The largest absolute Gasteiger partial charge is 0.394 e. The molecule has 3 rings (SSSR count). The summed E-state index contributed by atoms with van der Waals surface area (Å²) in [5, 5.41) is 39.1. The monoisotopic (exact) mass is 608 g/mol. The van der Waals surface area contributed by atoms with Gasteiger partial charge in [-0.15, -0.1) is 0 Å². The molecule has 0 bridgehead atoms. The number of nitrogens with one attached hydrogen (secondary N) is 2. The van der Waals surface area contributed by atoms with Crippen LogP contribution in [0.5, 0.6) is 0 Å². The predicted octanol–water partition coefficient (Wildman–Crippen LogP) is 5.13. The second-order valence-corrected chi connectivity index (χ2v) is 11.8. The van der Waals surface area contributed by atoms with Crippen molar-refractivity contribution in [3.05, 3.63) is 79.6 Å². The number of benzene rings is 2. The van der Waals surface area contributed by atoms with E-state index in [4.69, 9.17) is 33.8 Å². The summed E-state index contributed by atoms with van der Waals surface area (Å²) in [5.41, 5.74) is 6.23. The molecule has 220 valence electrons. The van der Waals surface area contributed by atoms with E-state index in [9.17, 15) is 15.2 Å². The van der Waals surface area contributed by atoms with E-state index in [1.165, 1.54) is 30.3 Å². The van der Waals surface area contributed by atoms with Crippen LogP contribution in [0.4, 0.5) is 8.78 Å². The first-order valence-electron chi connectivity index (χ1n) is 13.1. The summed E-state index contributed by atoms with van der Waals surface area (Å²) in [6, 6.07) is 8.27. The van der Waals surface area contributed by atoms with Crippen molar-refractivity contribution in [3.63, 3.8) is 0 Å². The standard InChI is InChI=1S/C28H32Cl2F2N6O3/c1-27(2,9-11-36-38-34)13-22-28(15-33,19-7-6-16(29)12-21(19)31)23(18-4-3-5-20(30)24(18)32)25(37-22)26(41)35-10-8-17(40)14-39/h3-7,12,17,22-23,25,37,39-40H,8-11,13-14H2,1-2H3,(H,35,41)/t17-,22?,23?,25?,28?/m0/s1. The number of carbonyl (C=O) groups is 1. The van der Waals surface area contributed by atoms with Gasteiger partial charge in [0.05, 0.1) is 29.8 Å². The quantitative estimate of drug-likeness (QED) is 0.149. The predicted molar refractivity (Wildman–Crippen MR) is 151 cm³/mol. The average molecular weight is 610 g/mol. The molecule has 1 amide bonds. The highest BCUT2D eigenvalue weighted by molar-refractivity contribution is 6.31. The maximum Gasteiger partial charge on any atom is 0.237 e. The summed E-state index contributed by atoms with van der Waals surface area (Å²) >= 11 is 12.2. The normalized spacial score (nSPS) is 23.0. The highest BCUT2D eigenvalue weighted by atomic mass is 35.5. The second kappa shape index (κ2) is 13.8. The first-order valence-corrected chi connectivity index (χ1v) is 13.8. The van der Waals surface area contributed by atoms with Gasteiger partial charge in [-0.3, -0.25) is 4.79 Å². The van der Waals surface area contributed by atoms with E-state index < -0.39 is 59.1 Å². The van der Waals surface area contributed by atoms with Crippen LogP contribution < -0.4 is 10.6 Å². The summed E-state index contributed by atoms with van der Waals surface area (Å²) in [4.78, 5) is 16.4. The zero-order valence-corrected chi connectivity index (χ0v) is 24.1. The average Bonchev–Trinajstić information content (AvgIpc) is 3.23. The van der Waals surface area contributed by atoms with Gasteiger partial charge in [0.25, 0.3) is 0 Å². The van der Waals surface area contributed by atoms with Gasteiger partial charge in [0.2, 0.25) is 5.91 Å². The Hall–Kier alpha value is -2.97. The van der Waals surface area contributed by atoms with Crippen LogP contribution in [-0.4, -0.2) is 54.0 Å². The Morgan fingerprint density at radius 1 is 1.34 bits per heavy atom. The molecular formula is C28H32Cl2F2N6O3. The summed E-state index contributed by atoms with van der Waals surface area (Å²) in [6.07, 6.45) is -0.365. The summed E-state index contributed by atoms with van der Waals surface area (Å²) < 4.78 is 31.4. The van der Waals surface area contributed by atoms with E-state index in [1.54, 1.807) is 0 Å². The number of nitrogens with zero attached hydrogens (tertiary/aromatic N) is 4. The molecule has 1 aliphatic heterocycles. The number of halogens is 4. The second-order valence-electron chi connectivity index (χ2n) is 10.9. The van der Waals surface area contributed by atoms with Gasteiger partial charge in [-0.2, -0.15) is 5.26 Å². The van der Waals surface area contributed by atoms with Crippen LogP contribution in [-0.2, 0) is 10.2 Å². The van der Waals surface area contributed by atoms with Gasteiger partial charge in [-0.05, 0) is 54.0 Å². The lowest BCUT2D eigenvalue weighted by atomic mass is 9.62. The van der Waals surface area contributed by atoms with Crippen molar-refractivity contribution in [1.82, 2.24) is 10.6 Å². The fraction of sp³-hybridized carbons (Fsp3) is 0.500. The molecule has 1 saturated heterocycles. The number of nitriles is 1. The first-order chi connectivity index (χ1) is 19.4. The molecule has 9 nitrogen and oxygen atoms in total. The number of rotatable bonds is 12. The molecule has 0 aromatic heterocycles. The third kappa shape index (κ3) is 7.09. The zero-order valence-electron chi connectivity index (χ0n) is 22.6. The number of aliphatic hydroxyl groups excluding tert-OH is 2. The highest BCUT2D eigenvalue weighted by Crippen LogP contribution is 2.53. The molecule has 1 heterocycles. The SMILES string of the molecule is CC(C)(CCN=[N+]=[N-])CC1NC(C(=O)NCC[C@H](O)CO)C(c2cccc(Cl)c2F)C1(C#N)c1ccc(Cl)cc1F. The van der Waals surface area contributed by atoms with E-state index in [1.807, 2.05) is 13.8 Å². The third-order valence-electron chi connectivity index (χ3n) is 7.61. The van der Waals surface area contributed by atoms with E-state index in [0.717, 1.165) is 6.07 Å². The molecule has 5 atom stereocenters. The van der Waals surface area contributed by atoms with E-state index in [2.05, 4.69) is 26.7 Å². The number of amides is 1. The summed E-state index contributed by atoms with van der Waals surface area (Å²) in [7, 11) is 0. The summed E-state index contributed by atoms with van der Waals surface area (Å²) in [6.45, 7) is 3.45. The molecule has 41 heavy (non-hydrogen) atoms. The Kier molecular flexibility index (Phi) is 11.0. The maximum absolute atomic E-state index is 15.7. The smallest absolute Gasteiger partial charge is 0.237 e. The van der Waals surface area contributed by atoms with E-state index in [-0.39, 0.29) is 47.1 Å². The van der Waals surface area contributed by atoms with Gasteiger partial charge in [-0.1, -0.05) is 60.4 Å². The minimum absolute atomic E-state index is 0.0132. The first kappa shape index (κ1) is 32.5. The van der Waals surface area contributed by atoms with Crippen LogP contribution >= 0.6 is 23.2 Å². The number of aliphatic hydroxyl groups is 2. The zero-order chi connectivity index (χ0) is 30.4.